The van der Waals surface area contributed by atoms with E-state index in [1.165, 1.54) is 0 Å². The predicted molar refractivity (Wildman–Crippen MR) is 100 cm³/mol. The molecule has 1 aliphatic rings. The van der Waals surface area contributed by atoms with Crippen LogP contribution < -0.4 is 5.32 Å². The summed E-state index contributed by atoms with van der Waals surface area (Å²) in [7, 11) is 1.63. The lowest BCUT2D eigenvalue weighted by atomic mass is 10.0. The van der Waals surface area contributed by atoms with Gasteiger partial charge in [-0.1, -0.05) is 41.9 Å². The van der Waals surface area contributed by atoms with E-state index >= 15 is 0 Å². The Kier molecular flexibility index (Phi) is 5.91. The number of benzene rings is 2. The zero-order valence-corrected chi connectivity index (χ0v) is 15.3. The standard InChI is InChI=1S/C20H21ClN2O3/c1-26-12-4-11-22-19(24)18-16-5-2-3-6-17(16)20(25)23(18)13-14-7-9-15(21)10-8-14/h2-3,5-10,18H,4,11-13H2,1H3,(H,22,24)/t18-/m1/s1. The second kappa shape index (κ2) is 8.34. The Morgan fingerprint density at radius 1 is 1.19 bits per heavy atom. The van der Waals surface area contributed by atoms with Gasteiger partial charge in [0.05, 0.1) is 0 Å². The number of carbonyl (C=O) groups is 2. The summed E-state index contributed by atoms with van der Waals surface area (Å²) in [5, 5.41) is 3.55. The molecule has 0 fully saturated rings. The van der Waals surface area contributed by atoms with Gasteiger partial charge in [0, 0.05) is 37.4 Å². The van der Waals surface area contributed by atoms with Gasteiger partial charge in [-0.15, -0.1) is 0 Å². The molecule has 1 atom stereocenters. The monoisotopic (exact) mass is 372 g/mol. The molecule has 3 rings (SSSR count). The first-order valence-electron chi connectivity index (χ1n) is 8.53. The Bertz CT molecular complexity index is 792. The zero-order chi connectivity index (χ0) is 18.5. The Hall–Kier alpha value is -2.37. The first-order chi connectivity index (χ1) is 12.6. The van der Waals surface area contributed by atoms with Gasteiger partial charge < -0.3 is 15.0 Å². The van der Waals surface area contributed by atoms with Crippen molar-refractivity contribution in [3.05, 3.63) is 70.2 Å². The average molecular weight is 373 g/mol. The van der Waals surface area contributed by atoms with Crippen LogP contribution in [0.4, 0.5) is 0 Å². The van der Waals surface area contributed by atoms with Crippen LogP contribution in [0.1, 0.15) is 33.9 Å². The number of methoxy groups -OCH3 is 1. The molecule has 0 saturated carbocycles. The van der Waals surface area contributed by atoms with E-state index < -0.39 is 6.04 Å². The van der Waals surface area contributed by atoms with Crippen LogP contribution in [0.5, 0.6) is 0 Å². The number of hydrogen-bond donors (Lipinski definition) is 1. The quantitative estimate of drug-likeness (QED) is 0.759. The normalized spacial score (nSPS) is 15.8. The molecule has 0 radical (unpaired) electrons. The van der Waals surface area contributed by atoms with Crippen molar-refractivity contribution in [3.8, 4) is 0 Å². The van der Waals surface area contributed by atoms with Gasteiger partial charge >= 0.3 is 0 Å². The van der Waals surface area contributed by atoms with Crippen LogP contribution in [0.2, 0.25) is 5.02 Å². The number of halogens is 1. The van der Waals surface area contributed by atoms with Crippen molar-refractivity contribution in [2.24, 2.45) is 0 Å². The number of rotatable bonds is 7. The zero-order valence-electron chi connectivity index (χ0n) is 14.6. The van der Waals surface area contributed by atoms with Crippen molar-refractivity contribution in [3.63, 3.8) is 0 Å². The highest BCUT2D eigenvalue weighted by Gasteiger charge is 2.40. The first kappa shape index (κ1) is 18.4. The largest absolute Gasteiger partial charge is 0.385 e. The van der Waals surface area contributed by atoms with Crippen molar-refractivity contribution < 1.29 is 14.3 Å². The van der Waals surface area contributed by atoms with E-state index in [2.05, 4.69) is 5.32 Å². The number of nitrogens with one attached hydrogen (secondary N) is 1. The van der Waals surface area contributed by atoms with Crippen LogP contribution in [0.3, 0.4) is 0 Å². The Labute approximate surface area is 157 Å². The van der Waals surface area contributed by atoms with Gasteiger partial charge in [-0.2, -0.15) is 0 Å². The van der Waals surface area contributed by atoms with Gasteiger partial charge in [0.2, 0.25) is 5.91 Å². The van der Waals surface area contributed by atoms with E-state index in [4.69, 9.17) is 16.3 Å². The van der Waals surface area contributed by atoms with Crippen molar-refractivity contribution in [1.29, 1.82) is 0 Å². The first-order valence-corrected chi connectivity index (χ1v) is 8.90. The summed E-state index contributed by atoms with van der Waals surface area (Å²) in [6, 6.07) is 13.9. The molecule has 0 bridgehead atoms. The smallest absolute Gasteiger partial charge is 0.255 e. The fourth-order valence-corrected chi connectivity index (χ4v) is 3.25. The predicted octanol–water partition coefficient (Wildman–Crippen LogP) is 3.19. The van der Waals surface area contributed by atoms with E-state index in [0.717, 1.165) is 17.5 Å². The third-order valence-electron chi connectivity index (χ3n) is 4.40. The minimum Gasteiger partial charge on any atom is -0.385 e. The molecule has 0 unspecified atom stereocenters. The highest BCUT2D eigenvalue weighted by Crippen LogP contribution is 2.35. The van der Waals surface area contributed by atoms with Crippen LogP contribution >= 0.6 is 11.6 Å². The van der Waals surface area contributed by atoms with E-state index in [1.54, 1.807) is 30.2 Å². The average Bonchev–Trinajstić information content (AvgIpc) is 2.93. The lowest BCUT2D eigenvalue weighted by Gasteiger charge is -2.25. The molecule has 2 aromatic carbocycles. The van der Waals surface area contributed by atoms with Gasteiger partial charge in [-0.05, 0) is 35.7 Å². The van der Waals surface area contributed by atoms with Gasteiger partial charge in [0.15, 0.2) is 0 Å². The maximum Gasteiger partial charge on any atom is 0.255 e. The molecule has 26 heavy (non-hydrogen) atoms. The second-order valence-electron chi connectivity index (χ2n) is 6.19. The molecule has 2 aromatic rings. The van der Waals surface area contributed by atoms with E-state index in [9.17, 15) is 9.59 Å². The molecular weight excluding hydrogens is 352 g/mol. The molecule has 0 spiro atoms. The summed E-state index contributed by atoms with van der Waals surface area (Å²) in [4.78, 5) is 27.3. The van der Waals surface area contributed by atoms with Crippen LogP contribution in [0.15, 0.2) is 48.5 Å². The second-order valence-corrected chi connectivity index (χ2v) is 6.62. The fourth-order valence-electron chi connectivity index (χ4n) is 3.13. The van der Waals surface area contributed by atoms with Crippen molar-refractivity contribution in [2.75, 3.05) is 20.3 Å². The van der Waals surface area contributed by atoms with E-state index in [-0.39, 0.29) is 11.8 Å². The molecule has 0 aliphatic carbocycles. The summed E-state index contributed by atoms with van der Waals surface area (Å²) < 4.78 is 5.01. The molecular formula is C20H21ClN2O3. The number of ether oxygens (including phenoxy) is 1. The minimum atomic E-state index is -0.628. The maximum atomic E-state index is 12.9. The van der Waals surface area contributed by atoms with Gasteiger partial charge in [-0.25, -0.2) is 0 Å². The number of amides is 2. The number of fused-ring (bicyclic) bond motifs is 1. The van der Waals surface area contributed by atoms with Gasteiger partial charge in [0.1, 0.15) is 6.04 Å². The summed E-state index contributed by atoms with van der Waals surface area (Å²) in [6.07, 6.45) is 0.724. The summed E-state index contributed by atoms with van der Waals surface area (Å²) >= 11 is 5.94. The lowest BCUT2D eigenvalue weighted by Crippen LogP contribution is -2.39. The SMILES string of the molecule is COCCCNC(=O)[C@H]1c2ccccc2C(=O)N1Cc1ccc(Cl)cc1. The molecule has 136 valence electrons. The topological polar surface area (TPSA) is 58.6 Å². The molecule has 2 amide bonds. The van der Waals surface area contributed by atoms with Crippen LogP contribution in [-0.2, 0) is 16.1 Å². The lowest BCUT2D eigenvalue weighted by molar-refractivity contribution is -0.125. The van der Waals surface area contributed by atoms with E-state index in [1.807, 2.05) is 30.3 Å². The highest BCUT2D eigenvalue weighted by molar-refractivity contribution is 6.30. The van der Waals surface area contributed by atoms with Crippen LogP contribution in [-0.4, -0.2) is 37.0 Å². The number of hydrogen-bond acceptors (Lipinski definition) is 3. The summed E-state index contributed by atoms with van der Waals surface area (Å²) in [5.41, 5.74) is 2.25. The molecule has 0 saturated heterocycles. The number of carbonyl (C=O) groups excluding carboxylic acids is 2. The van der Waals surface area contributed by atoms with Crippen molar-refractivity contribution in [1.82, 2.24) is 10.2 Å². The third kappa shape index (κ3) is 3.89. The van der Waals surface area contributed by atoms with Crippen LogP contribution in [0, 0.1) is 0 Å². The molecule has 0 aromatic heterocycles. The highest BCUT2D eigenvalue weighted by atomic mass is 35.5. The third-order valence-corrected chi connectivity index (χ3v) is 4.65. The van der Waals surface area contributed by atoms with E-state index in [0.29, 0.717) is 30.3 Å². The summed E-state index contributed by atoms with van der Waals surface area (Å²) in [6.45, 7) is 1.43. The Morgan fingerprint density at radius 2 is 1.92 bits per heavy atom. The number of nitrogens with zero attached hydrogens (tertiary/aromatic N) is 1. The summed E-state index contributed by atoms with van der Waals surface area (Å²) in [5.74, 6) is -0.305. The minimum absolute atomic E-state index is 0.132. The van der Waals surface area contributed by atoms with Crippen molar-refractivity contribution >= 4 is 23.4 Å². The maximum absolute atomic E-state index is 12.9. The van der Waals surface area contributed by atoms with Gasteiger partial charge in [-0.3, -0.25) is 9.59 Å². The molecule has 1 heterocycles. The molecule has 6 heteroatoms. The molecule has 5 nitrogen and oxygen atoms in total. The molecule has 1 aliphatic heterocycles. The van der Waals surface area contributed by atoms with Gasteiger partial charge in [0.25, 0.3) is 5.91 Å². The fraction of sp³-hybridized carbons (Fsp3) is 0.300. The van der Waals surface area contributed by atoms with Crippen molar-refractivity contribution in [2.45, 2.75) is 19.0 Å². The molecule has 1 N–H and O–H groups in total. The van der Waals surface area contributed by atoms with Crippen LogP contribution in [0.25, 0.3) is 0 Å². The Balaban J connectivity index is 1.82. The Morgan fingerprint density at radius 3 is 2.65 bits per heavy atom.